The summed E-state index contributed by atoms with van der Waals surface area (Å²) >= 11 is 1.74. The zero-order valence-electron chi connectivity index (χ0n) is 9.57. The summed E-state index contributed by atoms with van der Waals surface area (Å²) in [5, 5.41) is 6.84. The van der Waals surface area contributed by atoms with Crippen molar-refractivity contribution in [1.29, 1.82) is 0 Å². The summed E-state index contributed by atoms with van der Waals surface area (Å²) in [6.07, 6.45) is 3.13. The van der Waals surface area contributed by atoms with E-state index in [1.807, 2.05) is 6.92 Å². The first-order valence-corrected chi connectivity index (χ1v) is 8.10. The van der Waals surface area contributed by atoms with E-state index in [0.717, 1.165) is 43.0 Å². The topological polar surface area (TPSA) is 42.0 Å². The lowest BCUT2D eigenvalue weighted by Gasteiger charge is -2.22. The molecule has 1 aliphatic heterocycles. The third kappa shape index (κ3) is 3.64. The van der Waals surface area contributed by atoms with Crippen LogP contribution in [0.15, 0.2) is 5.38 Å². The molecule has 1 N–H and O–H groups in total. The number of nitrogens with zero attached hydrogens (tertiary/aromatic N) is 1. The molecular weight excluding hydrogens is 240 g/mol. The van der Waals surface area contributed by atoms with Crippen LogP contribution in [-0.2, 0) is 17.2 Å². The molecule has 0 aromatic carbocycles. The smallest absolute Gasteiger partial charge is 0.0940 e. The van der Waals surface area contributed by atoms with Crippen molar-refractivity contribution in [2.75, 3.05) is 18.1 Å². The third-order valence-corrected chi connectivity index (χ3v) is 5.23. The number of thiazole rings is 1. The molecule has 16 heavy (non-hydrogen) atoms. The second-order valence-electron chi connectivity index (χ2n) is 4.21. The third-order valence-electron chi connectivity index (χ3n) is 2.83. The molecule has 0 amide bonds. The lowest BCUT2D eigenvalue weighted by Crippen LogP contribution is -2.36. The predicted molar refractivity (Wildman–Crippen MR) is 69.5 cm³/mol. The lowest BCUT2D eigenvalue weighted by molar-refractivity contribution is 0.479. The fourth-order valence-corrected chi connectivity index (χ4v) is 3.97. The minimum atomic E-state index is -0.549. The molecule has 2 rings (SSSR count). The molecule has 3 nitrogen and oxygen atoms in total. The molecule has 5 heteroatoms. The van der Waals surface area contributed by atoms with Crippen LogP contribution < -0.4 is 5.32 Å². The Morgan fingerprint density at radius 3 is 2.94 bits per heavy atom. The van der Waals surface area contributed by atoms with E-state index in [2.05, 4.69) is 15.7 Å². The summed E-state index contributed by atoms with van der Waals surface area (Å²) in [6, 6.07) is 0.568. The van der Waals surface area contributed by atoms with Crippen LogP contribution in [0.25, 0.3) is 0 Å². The van der Waals surface area contributed by atoms with Crippen molar-refractivity contribution >= 4 is 22.1 Å². The van der Waals surface area contributed by atoms with Crippen molar-refractivity contribution in [2.45, 2.75) is 32.2 Å². The molecule has 2 heterocycles. The van der Waals surface area contributed by atoms with Gasteiger partial charge in [0, 0.05) is 52.4 Å². The molecule has 0 aliphatic carbocycles. The highest BCUT2D eigenvalue weighted by Crippen LogP contribution is 2.11. The van der Waals surface area contributed by atoms with E-state index in [1.165, 1.54) is 5.01 Å². The maximum absolute atomic E-state index is 11.2. The number of rotatable bonds is 4. The van der Waals surface area contributed by atoms with E-state index in [0.29, 0.717) is 6.04 Å². The number of nitrogens with one attached hydrogen (secondary N) is 1. The molecule has 0 saturated carbocycles. The van der Waals surface area contributed by atoms with Crippen molar-refractivity contribution in [2.24, 2.45) is 0 Å². The first-order chi connectivity index (χ1) is 7.74. The standard InChI is InChI=1S/C11H18N2OS2/c1-9-8-15-11(13-9)2-5-12-10-3-6-16(14)7-4-10/h8,10,12H,2-7H2,1H3. The Kier molecular flexibility index (Phi) is 4.49. The molecule has 0 bridgehead atoms. The molecule has 0 atom stereocenters. The van der Waals surface area contributed by atoms with Crippen molar-refractivity contribution < 1.29 is 4.21 Å². The van der Waals surface area contributed by atoms with Crippen LogP contribution in [0.1, 0.15) is 23.5 Å². The normalized spacial score (nSPS) is 25.8. The van der Waals surface area contributed by atoms with Gasteiger partial charge in [-0.15, -0.1) is 11.3 Å². The van der Waals surface area contributed by atoms with Crippen LogP contribution in [-0.4, -0.2) is 33.3 Å². The number of aromatic nitrogens is 1. The second-order valence-corrected chi connectivity index (χ2v) is 6.85. The largest absolute Gasteiger partial charge is 0.313 e. The summed E-state index contributed by atoms with van der Waals surface area (Å²) in [7, 11) is -0.549. The average Bonchev–Trinajstić information content (AvgIpc) is 2.67. The Hall–Kier alpha value is -0.260. The minimum Gasteiger partial charge on any atom is -0.313 e. The van der Waals surface area contributed by atoms with Gasteiger partial charge in [0.15, 0.2) is 0 Å². The Labute approximate surface area is 103 Å². The molecular formula is C11H18N2OS2. The molecule has 1 aromatic heterocycles. The average molecular weight is 258 g/mol. The molecule has 0 radical (unpaired) electrons. The van der Waals surface area contributed by atoms with Gasteiger partial charge in [0.05, 0.1) is 5.01 Å². The Bertz CT molecular complexity index is 355. The molecule has 0 unspecified atom stereocenters. The first kappa shape index (κ1) is 12.2. The Morgan fingerprint density at radius 1 is 1.56 bits per heavy atom. The van der Waals surface area contributed by atoms with Gasteiger partial charge in [-0.05, 0) is 19.8 Å². The van der Waals surface area contributed by atoms with Gasteiger partial charge in [-0.2, -0.15) is 0 Å². The summed E-state index contributed by atoms with van der Waals surface area (Å²) < 4.78 is 11.2. The Balaban J connectivity index is 1.66. The van der Waals surface area contributed by atoms with Crippen LogP contribution in [0.3, 0.4) is 0 Å². The summed E-state index contributed by atoms with van der Waals surface area (Å²) in [5.41, 5.74) is 1.12. The highest BCUT2D eigenvalue weighted by Gasteiger charge is 2.16. The van der Waals surface area contributed by atoms with Crippen molar-refractivity contribution in [3.05, 3.63) is 16.1 Å². The highest BCUT2D eigenvalue weighted by molar-refractivity contribution is 7.85. The minimum absolute atomic E-state index is 0.549. The maximum atomic E-state index is 11.2. The van der Waals surface area contributed by atoms with Gasteiger partial charge in [0.25, 0.3) is 0 Å². The fraction of sp³-hybridized carbons (Fsp3) is 0.727. The van der Waals surface area contributed by atoms with Gasteiger partial charge >= 0.3 is 0 Å². The summed E-state index contributed by atoms with van der Waals surface area (Å²) in [6.45, 7) is 3.02. The van der Waals surface area contributed by atoms with Crippen molar-refractivity contribution in [3.8, 4) is 0 Å². The van der Waals surface area contributed by atoms with Crippen LogP contribution >= 0.6 is 11.3 Å². The van der Waals surface area contributed by atoms with Crippen LogP contribution in [0.5, 0.6) is 0 Å². The molecule has 0 spiro atoms. The van der Waals surface area contributed by atoms with E-state index < -0.39 is 10.8 Å². The monoisotopic (exact) mass is 258 g/mol. The zero-order chi connectivity index (χ0) is 11.4. The second kappa shape index (κ2) is 5.89. The van der Waals surface area contributed by atoms with E-state index in [1.54, 1.807) is 11.3 Å². The Morgan fingerprint density at radius 2 is 2.31 bits per heavy atom. The molecule has 1 saturated heterocycles. The first-order valence-electron chi connectivity index (χ1n) is 5.73. The van der Waals surface area contributed by atoms with Gasteiger partial charge in [-0.1, -0.05) is 0 Å². The lowest BCUT2D eigenvalue weighted by atomic mass is 10.1. The van der Waals surface area contributed by atoms with E-state index in [4.69, 9.17) is 0 Å². The van der Waals surface area contributed by atoms with Gasteiger partial charge < -0.3 is 5.32 Å². The van der Waals surface area contributed by atoms with Crippen molar-refractivity contribution in [1.82, 2.24) is 10.3 Å². The summed E-state index contributed by atoms with van der Waals surface area (Å²) in [4.78, 5) is 4.44. The van der Waals surface area contributed by atoms with Gasteiger partial charge in [0.1, 0.15) is 0 Å². The highest BCUT2D eigenvalue weighted by atomic mass is 32.2. The quantitative estimate of drug-likeness (QED) is 0.890. The number of aryl methyl sites for hydroxylation is 1. The maximum Gasteiger partial charge on any atom is 0.0940 e. The van der Waals surface area contributed by atoms with Crippen molar-refractivity contribution in [3.63, 3.8) is 0 Å². The predicted octanol–water partition coefficient (Wildman–Crippen LogP) is 1.49. The fourth-order valence-electron chi connectivity index (χ4n) is 1.90. The molecule has 1 fully saturated rings. The SMILES string of the molecule is Cc1csc(CCNC2CCS(=O)CC2)n1. The number of hydrogen-bond donors (Lipinski definition) is 1. The molecule has 1 aliphatic rings. The van der Waals surface area contributed by atoms with Gasteiger partial charge in [-0.25, -0.2) is 4.98 Å². The van der Waals surface area contributed by atoms with Crippen LogP contribution in [0.2, 0.25) is 0 Å². The molecule has 90 valence electrons. The van der Waals surface area contributed by atoms with E-state index in [9.17, 15) is 4.21 Å². The van der Waals surface area contributed by atoms with Crippen LogP contribution in [0, 0.1) is 6.92 Å². The van der Waals surface area contributed by atoms with E-state index >= 15 is 0 Å². The molecule has 1 aromatic rings. The summed E-state index contributed by atoms with van der Waals surface area (Å²) in [5.74, 6) is 1.74. The van der Waals surface area contributed by atoms with Gasteiger partial charge in [0.2, 0.25) is 0 Å². The zero-order valence-corrected chi connectivity index (χ0v) is 11.2. The number of hydrogen-bond acceptors (Lipinski definition) is 4. The van der Waals surface area contributed by atoms with E-state index in [-0.39, 0.29) is 0 Å². The van der Waals surface area contributed by atoms with Gasteiger partial charge in [-0.3, -0.25) is 4.21 Å². The van der Waals surface area contributed by atoms with Crippen LogP contribution in [0.4, 0.5) is 0 Å².